The third kappa shape index (κ3) is 5.35. The highest BCUT2D eigenvalue weighted by atomic mass is 15.2. The van der Waals surface area contributed by atoms with E-state index in [0.717, 1.165) is 31.4 Å². The lowest BCUT2D eigenvalue weighted by atomic mass is 9.96. The molecule has 4 rings (SSSR count). The zero-order valence-corrected chi connectivity index (χ0v) is 18.2. The molecule has 30 heavy (non-hydrogen) atoms. The Bertz CT molecular complexity index is 920. The van der Waals surface area contributed by atoms with Crippen LogP contribution in [0.3, 0.4) is 0 Å². The smallest absolute Gasteiger partial charge is 0.233 e. The number of benzene rings is 1. The number of hydrogen-bond acceptors (Lipinski definition) is 4. The molecule has 1 aliphatic heterocycles. The number of aryl methyl sites for hydroxylation is 1. The first-order chi connectivity index (χ1) is 14.7. The van der Waals surface area contributed by atoms with E-state index in [0.29, 0.717) is 0 Å². The number of aromatic nitrogens is 3. The lowest BCUT2D eigenvalue weighted by Crippen LogP contribution is -2.41. The lowest BCUT2D eigenvalue weighted by Gasteiger charge is -2.35. The maximum absolute atomic E-state index is 4.39. The molecule has 0 bridgehead atoms. The zero-order chi connectivity index (χ0) is 20.8. The van der Waals surface area contributed by atoms with Crippen LogP contribution in [0.5, 0.6) is 0 Å². The molecule has 5 heteroatoms. The summed E-state index contributed by atoms with van der Waals surface area (Å²) in [6.07, 6.45) is 9.42. The van der Waals surface area contributed by atoms with Crippen LogP contribution in [0.4, 0.5) is 0 Å². The fourth-order valence-corrected chi connectivity index (χ4v) is 4.61. The Hall–Kier alpha value is -2.50. The van der Waals surface area contributed by atoms with Crippen LogP contribution in [0.15, 0.2) is 61.1 Å². The molecule has 0 aliphatic carbocycles. The number of piperidine rings is 1. The molecular formula is C25H33N5. The van der Waals surface area contributed by atoms with E-state index in [1.807, 2.05) is 12.3 Å². The minimum absolute atomic E-state index is 0.733. The van der Waals surface area contributed by atoms with Crippen molar-refractivity contribution >= 4 is 0 Å². The molecule has 1 saturated heterocycles. The molecule has 3 heterocycles. The summed E-state index contributed by atoms with van der Waals surface area (Å²) in [5.74, 6) is 1.47. The van der Waals surface area contributed by atoms with Gasteiger partial charge in [0.2, 0.25) is 5.95 Å². The van der Waals surface area contributed by atoms with Crippen molar-refractivity contribution in [2.75, 3.05) is 33.2 Å². The van der Waals surface area contributed by atoms with Gasteiger partial charge in [-0.15, -0.1) is 0 Å². The molecule has 0 saturated carbocycles. The van der Waals surface area contributed by atoms with Crippen molar-refractivity contribution in [1.82, 2.24) is 24.3 Å². The fraction of sp³-hybridized carbons (Fsp3) is 0.440. The largest absolute Gasteiger partial charge is 0.303 e. The van der Waals surface area contributed by atoms with Gasteiger partial charge in [-0.2, -0.15) is 0 Å². The van der Waals surface area contributed by atoms with Crippen LogP contribution in [-0.2, 0) is 13.0 Å². The minimum atomic E-state index is 0.733. The van der Waals surface area contributed by atoms with E-state index in [1.165, 1.54) is 49.3 Å². The van der Waals surface area contributed by atoms with E-state index in [1.54, 1.807) is 12.4 Å². The van der Waals surface area contributed by atoms with Gasteiger partial charge in [0.05, 0.1) is 0 Å². The molecule has 1 fully saturated rings. The molecular weight excluding hydrogens is 370 g/mol. The van der Waals surface area contributed by atoms with Gasteiger partial charge in [-0.05, 0) is 75.0 Å². The van der Waals surface area contributed by atoms with Crippen LogP contribution >= 0.6 is 0 Å². The van der Waals surface area contributed by atoms with E-state index in [9.17, 15) is 0 Å². The van der Waals surface area contributed by atoms with Gasteiger partial charge in [0.1, 0.15) is 0 Å². The van der Waals surface area contributed by atoms with Crippen LogP contribution in [0.1, 0.15) is 29.7 Å². The third-order valence-corrected chi connectivity index (χ3v) is 6.16. The van der Waals surface area contributed by atoms with Crippen molar-refractivity contribution < 1.29 is 0 Å². The lowest BCUT2D eigenvalue weighted by molar-refractivity contribution is 0.141. The highest BCUT2D eigenvalue weighted by Crippen LogP contribution is 2.20. The average molecular weight is 404 g/mol. The molecule has 0 amide bonds. The maximum Gasteiger partial charge on any atom is 0.233 e. The van der Waals surface area contributed by atoms with Crippen molar-refractivity contribution in [1.29, 1.82) is 0 Å². The highest BCUT2D eigenvalue weighted by Gasteiger charge is 2.21. The first kappa shape index (κ1) is 20.8. The maximum atomic E-state index is 4.39. The summed E-state index contributed by atoms with van der Waals surface area (Å²) in [6, 6.07) is 14.9. The summed E-state index contributed by atoms with van der Waals surface area (Å²) in [5.41, 5.74) is 4.13. The highest BCUT2D eigenvalue weighted by molar-refractivity contribution is 5.25. The molecule has 3 aromatic rings. The Labute approximate surface area is 180 Å². The number of rotatable bonds is 8. The van der Waals surface area contributed by atoms with Crippen LogP contribution < -0.4 is 0 Å². The van der Waals surface area contributed by atoms with E-state index in [-0.39, 0.29) is 0 Å². The molecule has 0 N–H and O–H groups in total. The van der Waals surface area contributed by atoms with Crippen molar-refractivity contribution in [3.05, 3.63) is 77.9 Å². The topological polar surface area (TPSA) is 37.2 Å². The van der Waals surface area contributed by atoms with Gasteiger partial charge in [-0.25, -0.2) is 9.97 Å². The van der Waals surface area contributed by atoms with Gasteiger partial charge in [-0.3, -0.25) is 4.57 Å². The van der Waals surface area contributed by atoms with Crippen LogP contribution in [0.25, 0.3) is 5.95 Å². The van der Waals surface area contributed by atoms with Crippen LogP contribution in [0.2, 0.25) is 0 Å². The predicted octanol–water partition coefficient (Wildman–Crippen LogP) is 3.96. The van der Waals surface area contributed by atoms with Crippen molar-refractivity contribution in [3.63, 3.8) is 0 Å². The van der Waals surface area contributed by atoms with Crippen LogP contribution in [0, 0.1) is 12.8 Å². The molecule has 0 radical (unpaired) electrons. The third-order valence-electron chi connectivity index (χ3n) is 6.16. The summed E-state index contributed by atoms with van der Waals surface area (Å²) in [4.78, 5) is 13.9. The van der Waals surface area contributed by atoms with Gasteiger partial charge in [0.25, 0.3) is 0 Å². The molecule has 1 atom stereocenters. The van der Waals surface area contributed by atoms with Crippen molar-refractivity contribution in [2.24, 2.45) is 5.92 Å². The van der Waals surface area contributed by atoms with E-state index < -0.39 is 0 Å². The Kier molecular flexibility index (Phi) is 6.92. The first-order valence-electron chi connectivity index (χ1n) is 11.1. The predicted molar refractivity (Wildman–Crippen MR) is 122 cm³/mol. The molecule has 5 nitrogen and oxygen atoms in total. The second kappa shape index (κ2) is 10.0. The van der Waals surface area contributed by atoms with Crippen molar-refractivity contribution in [3.8, 4) is 5.95 Å². The number of hydrogen-bond donors (Lipinski definition) is 0. The minimum Gasteiger partial charge on any atom is -0.303 e. The molecule has 2 aromatic heterocycles. The monoisotopic (exact) mass is 403 g/mol. The van der Waals surface area contributed by atoms with E-state index in [4.69, 9.17) is 0 Å². The van der Waals surface area contributed by atoms with Crippen LogP contribution in [-0.4, -0.2) is 57.6 Å². The Morgan fingerprint density at radius 3 is 2.73 bits per heavy atom. The molecule has 1 aliphatic rings. The Morgan fingerprint density at radius 2 is 1.90 bits per heavy atom. The molecule has 0 unspecified atom stereocenters. The van der Waals surface area contributed by atoms with Gasteiger partial charge in [0.15, 0.2) is 0 Å². The fourth-order valence-electron chi connectivity index (χ4n) is 4.61. The van der Waals surface area contributed by atoms with Gasteiger partial charge >= 0.3 is 0 Å². The second-order valence-corrected chi connectivity index (χ2v) is 8.60. The molecule has 1 aromatic carbocycles. The van der Waals surface area contributed by atoms with Gasteiger partial charge in [-0.1, -0.05) is 24.3 Å². The zero-order valence-electron chi connectivity index (χ0n) is 18.2. The van der Waals surface area contributed by atoms with Gasteiger partial charge in [0, 0.05) is 50.5 Å². The summed E-state index contributed by atoms with van der Waals surface area (Å²) >= 11 is 0. The quantitative estimate of drug-likeness (QED) is 0.570. The first-order valence-corrected chi connectivity index (χ1v) is 11.1. The number of likely N-dealkylation sites (tertiary alicyclic amines) is 1. The second-order valence-electron chi connectivity index (χ2n) is 8.60. The summed E-state index contributed by atoms with van der Waals surface area (Å²) in [6.45, 7) is 7.87. The number of nitrogens with zero attached hydrogens (tertiary/aromatic N) is 5. The molecule has 0 spiro atoms. The SMILES string of the molecule is Cc1ccccc1CCN1CCC[C@@H](CN(C)Cc2cccn2-c2ncccn2)C1. The standard InChI is InChI=1S/C25H33N5/c1-21-8-3-4-10-23(21)12-17-29-15-5-9-22(19-29)18-28(2)20-24-11-6-16-30(24)25-26-13-7-14-27-25/h3-4,6-8,10-11,13-14,16,22H,5,9,12,15,17-20H2,1-2H3/t22-/m0/s1. The Balaban J connectivity index is 1.29. The van der Waals surface area contributed by atoms with E-state index in [2.05, 4.69) is 74.7 Å². The average Bonchev–Trinajstić information content (AvgIpc) is 3.22. The van der Waals surface area contributed by atoms with Gasteiger partial charge < -0.3 is 9.80 Å². The summed E-state index contributed by atoms with van der Waals surface area (Å²) in [7, 11) is 2.23. The summed E-state index contributed by atoms with van der Waals surface area (Å²) in [5, 5.41) is 0. The van der Waals surface area contributed by atoms with E-state index >= 15 is 0 Å². The normalized spacial score (nSPS) is 17.5. The summed E-state index contributed by atoms with van der Waals surface area (Å²) < 4.78 is 2.09. The Morgan fingerprint density at radius 1 is 1.07 bits per heavy atom. The molecule has 158 valence electrons. The van der Waals surface area contributed by atoms with Crippen molar-refractivity contribution in [2.45, 2.75) is 32.7 Å².